The molecule has 116 valence electrons. The highest BCUT2D eigenvalue weighted by Crippen LogP contribution is 2.54. The van der Waals surface area contributed by atoms with Crippen molar-refractivity contribution in [2.24, 2.45) is 12.5 Å². The van der Waals surface area contributed by atoms with E-state index < -0.39 is 0 Å². The molecule has 0 saturated heterocycles. The number of hydrogen-bond acceptors (Lipinski definition) is 3. The zero-order chi connectivity index (χ0) is 14.9. The lowest BCUT2D eigenvalue weighted by atomic mass is 9.55. The minimum Gasteiger partial charge on any atom is -0.380 e. The van der Waals surface area contributed by atoms with E-state index in [-0.39, 0.29) is 5.56 Å². The van der Waals surface area contributed by atoms with Crippen LogP contribution in [0.15, 0.2) is 23.1 Å². The highest BCUT2D eigenvalue weighted by atomic mass is 16.5. The van der Waals surface area contributed by atoms with Crippen LogP contribution in [-0.2, 0) is 11.8 Å². The van der Waals surface area contributed by atoms with Gasteiger partial charge in [-0.2, -0.15) is 0 Å². The standard InChI is InChI=1S/C17H26N2O2/c1-3-21-15-11-14(17(15)9-5-4-6-10-17)18-13-7-8-16(20)19(2)12-13/h7-8,12,14-15,18H,3-6,9-11H2,1-2H3. The lowest BCUT2D eigenvalue weighted by molar-refractivity contribution is -0.134. The van der Waals surface area contributed by atoms with Gasteiger partial charge in [0.25, 0.3) is 0 Å². The maximum atomic E-state index is 11.5. The third kappa shape index (κ3) is 2.61. The minimum absolute atomic E-state index is 0.0359. The zero-order valence-electron chi connectivity index (χ0n) is 13.1. The Morgan fingerprint density at radius 1 is 1.33 bits per heavy atom. The molecule has 1 N–H and O–H groups in total. The number of aryl methyl sites for hydroxylation is 1. The molecule has 4 heteroatoms. The minimum atomic E-state index is 0.0359. The highest BCUT2D eigenvalue weighted by molar-refractivity contribution is 5.43. The summed E-state index contributed by atoms with van der Waals surface area (Å²) in [5.41, 5.74) is 1.39. The van der Waals surface area contributed by atoms with Gasteiger partial charge < -0.3 is 14.6 Å². The highest BCUT2D eigenvalue weighted by Gasteiger charge is 2.55. The fourth-order valence-corrected chi connectivity index (χ4v) is 4.15. The summed E-state index contributed by atoms with van der Waals surface area (Å²) in [6.45, 7) is 2.89. The summed E-state index contributed by atoms with van der Waals surface area (Å²) < 4.78 is 7.62. The fourth-order valence-electron chi connectivity index (χ4n) is 4.15. The Balaban J connectivity index is 1.75. The maximum Gasteiger partial charge on any atom is 0.250 e. The van der Waals surface area contributed by atoms with E-state index in [9.17, 15) is 4.79 Å². The normalized spacial score (nSPS) is 27.3. The summed E-state index contributed by atoms with van der Waals surface area (Å²) >= 11 is 0. The van der Waals surface area contributed by atoms with Gasteiger partial charge in [0.2, 0.25) is 5.56 Å². The fraction of sp³-hybridized carbons (Fsp3) is 0.706. The molecule has 0 radical (unpaired) electrons. The van der Waals surface area contributed by atoms with E-state index in [4.69, 9.17) is 4.74 Å². The van der Waals surface area contributed by atoms with Crippen molar-refractivity contribution < 1.29 is 4.74 Å². The van der Waals surface area contributed by atoms with Crippen LogP contribution in [0, 0.1) is 5.41 Å². The van der Waals surface area contributed by atoms with Gasteiger partial charge in [-0.1, -0.05) is 19.3 Å². The molecular formula is C17H26N2O2. The smallest absolute Gasteiger partial charge is 0.250 e. The topological polar surface area (TPSA) is 43.3 Å². The molecule has 2 aliphatic rings. The Morgan fingerprint density at radius 3 is 2.76 bits per heavy atom. The molecule has 1 heterocycles. The van der Waals surface area contributed by atoms with Gasteiger partial charge in [-0.05, 0) is 32.3 Å². The van der Waals surface area contributed by atoms with Crippen LogP contribution in [0.25, 0.3) is 0 Å². The molecule has 1 spiro atoms. The molecule has 0 aromatic carbocycles. The number of nitrogens with zero attached hydrogens (tertiary/aromatic N) is 1. The predicted molar refractivity (Wildman–Crippen MR) is 84.6 cm³/mol. The van der Waals surface area contributed by atoms with Crippen LogP contribution in [0.1, 0.15) is 45.4 Å². The second-order valence-corrected chi connectivity index (χ2v) is 6.54. The average molecular weight is 290 g/mol. The third-order valence-electron chi connectivity index (χ3n) is 5.36. The largest absolute Gasteiger partial charge is 0.380 e. The second kappa shape index (κ2) is 5.84. The first-order valence-corrected chi connectivity index (χ1v) is 8.20. The quantitative estimate of drug-likeness (QED) is 0.927. The van der Waals surface area contributed by atoms with Gasteiger partial charge in [-0.25, -0.2) is 0 Å². The van der Waals surface area contributed by atoms with Crippen molar-refractivity contribution in [1.29, 1.82) is 0 Å². The molecule has 2 saturated carbocycles. The summed E-state index contributed by atoms with van der Waals surface area (Å²) in [7, 11) is 1.80. The molecular weight excluding hydrogens is 264 g/mol. The summed E-state index contributed by atoms with van der Waals surface area (Å²) in [4.78, 5) is 11.5. The third-order valence-corrected chi connectivity index (χ3v) is 5.36. The van der Waals surface area contributed by atoms with Gasteiger partial charge in [0, 0.05) is 37.4 Å². The molecule has 2 fully saturated rings. The number of aromatic nitrogens is 1. The van der Waals surface area contributed by atoms with E-state index in [0.717, 1.165) is 18.7 Å². The summed E-state index contributed by atoms with van der Waals surface area (Å²) in [6, 6.07) is 4.01. The van der Waals surface area contributed by atoms with Crippen molar-refractivity contribution in [2.45, 2.75) is 57.6 Å². The van der Waals surface area contributed by atoms with Crippen molar-refractivity contribution in [3.05, 3.63) is 28.7 Å². The molecule has 2 aliphatic carbocycles. The van der Waals surface area contributed by atoms with Crippen LogP contribution >= 0.6 is 0 Å². The lowest BCUT2D eigenvalue weighted by Crippen LogP contribution is -2.62. The van der Waals surface area contributed by atoms with Crippen molar-refractivity contribution >= 4 is 5.69 Å². The van der Waals surface area contributed by atoms with E-state index in [2.05, 4.69) is 12.2 Å². The van der Waals surface area contributed by atoms with Gasteiger partial charge in [0.05, 0.1) is 11.8 Å². The second-order valence-electron chi connectivity index (χ2n) is 6.54. The Hall–Kier alpha value is -1.29. The van der Waals surface area contributed by atoms with Gasteiger partial charge in [-0.3, -0.25) is 4.79 Å². The molecule has 0 aliphatic heterocycles. The molecule has 0 amide bonds. The molecule has 2 atom stereocenters. The van der Waals surface area contributed by atoms with E-state index >= 15 is 0 Å². The van der Waals surface area contributed by atoms with E-state index in [1.807, 2.05) is 12.3 Å². The summed E-state index contributed by atoms with van der Waals surface area (Å²) in [5, 5.41) is 3.66. The molecule has 1 aromatic rings. The SMILES string of the molecule is CCOC1CC(Nc2ccc(=O)n(C)c2)C12CCCCC2. The van der Waals surface area contributed by atoms with E-state index in [0.29, 0.717) is 17.6 Å². The van der Waals surface area contributed by atoms with Gasteiger partial charge in [0.1, 0.15) is 0 Å². The summed E-state index contributed by atoms with van der Waals surface area (Å²) in [6.07, 6.45) is 9.90. The molecule has 4 nitrogen and oxygen atoms in total. The Labute approximate surface area is 126 Å². The monoisotopic (exact) mass is 290 g/mol. The van der Waals surface area contributed by atoms with E-state index in [1.54, 1.807) is 17.7 Å². The van der Waals surface area contributed by atoms with Crippen LogP contribution in [-0.4, -0.2) is 23.3 Å². The number of ether oxygens (including phenoxy) is 1. The number of rotatable bonds is 4. The first kappa shape index (κ1) is 14.6. The van der Waals surface area contributed by atoms with Crippen LogP contribution < -0.4 is 10.9 Å². The van der Waals surface area contributed by atoms with Gasteiger partial charge in [0.15, 0.2) is 0 Å². The molecule has 2 unspecified atom stereocenters. The Morgan fingerprint density at radius 2 is 2.10 bits per heavy atom. The molecule has 1 aromatic heterocycles. The van der Waals surface area contributed by atoms with E-state index in [1.165, 1.54) is 32.1 Å². The predicted octanol–water partition coefficient (Wildman–Crippen LogP) is 2.93. The van der Waals surface area contributed by atoms with Gasteiger partial charge >= 0.3 is 0 Å². The van der Waals surface area contributed by atoms with Crippen molar-refractivity contribution in [3.8, 4) is 0 Å². The average Bonchev–Trinajstić information content (AvgIpc) is 2.50. The van der Waals surface area contributed by atoms with Gasteiger partial charge in [-0.15, -0.1) is 0 Å². The van der Waals surface area contributed by atoms with Crippen molar-refractivity contribution in [3.63, 3.8) is 0 Å². The first-order chi connectivity index (χ1) is 10.2. The van der Waals surface area contributed by atoms with Crippen molar-refractivity contribution in [1.82, 2.24) is 4.57 Å². The number of hydrogen-bond donors (Lipinski definition) is 1. The molecule has 0 bridgehead atoms. The Kier molecular flexibility index (Phi) is 4.07. The first-order valence-electron chi connectivity index (χ1n) is 8.20. The Bertz CT molecular complexity index is 546. The van der Waals surface area contributed by atoms with Crippen LogP contribution in [0.4, 0.5) is 5.69 Å². The molecule has 3 rings (SSSR count). The van der Waals surface area contributed by atoms with Crippen LogP contribution in [0.2, 0.25) is 0 Å². The van der Waals surface area contributed by atoms with Crippen LogP contribution in [0.5, 0.6) is 0 Å². The number of pyridine rings is 1. The molecule has 21 heavy (non-hydrogen) atoms. The zero-order valence-corrected chi connectivity index (χ0v) is 13.1. The number of nitrogens with one attached hydrogen (secondary N) is 1. The number of anilines is 1. The summed E-state index contributed by atoms with van der Waals surface area (Å²) in [5.74, 6) is 0. The van der Waals surface area contributed by atoms with Crippen molar-refractivity contribution in [2.75, 3.05) is 11.9 Å². The maximum absolute atomic E-state index is 11.5. The lowest BCUT2D eigenvalue weighted by Gasteiger charge is -2.58. The van der Waals surface area contributed by atoms with Crippen LogP contribution in [0.3, 0.4) is 0 Å².